The van der Waals surface area contributed by atoms with Crippen LogP contribution in [0.2, 0.25) is 0 Å². The van der Waals surface area contributed by atoms with Gasteiger partial charge in [0.1, 0.15) is 0 Å². The quantitative estimate of drug-likeness (QED) is 0.816. The summed E-state index contributed by atoms with van der Waals surface area (Å²) >= 11 is 1.70. The van der Waals surface area contributed by atoms with E-state index in [9.17, 15) is 4.79 Å². The van der Waals surface area contributed by atoms with Crippen LogP contribution >= 0.6 is 11.3 Å². The van der Waals surface area contributed by atoms with E-state index < -0.39 is 0 Å². The van der Waals surface area contributed by atoms with E-state index in [1.54, 1.807) is 17.4 Å². The summed E-state index contributed by atoms with van der Waals surface area (Å²) in [5.74, 6) is -0.0471. The molecule has 2 heterocycles. The zero-order chi connectivity index (χ0) is 15.9. The van der Waals surface area contributed by atoms with Crippen LogP contribution in [-0.2, 0) is 11.3 Å². The Hall–Kier alpha value is -1.40. The Kier molecular flexibility index (Phi) is 6.39. The first-order valence-electron chi connectivity index (χ1n) is 7.86. The van der Waals surface area contributed by atoms with Crippen LogP contribution in [0, 0.1) is 6.92 Å². The van der Waals surface area contributed by atoms with Gasteiger partial charge in [0, 0.05) is 30.6 Å². The van der Waals surface area contributed by atoms with Crippen molar-refractivity contribution >= 4 is 22.4 Å². The summed E-state index contributed by atoms with van der Waals surface area (Å²) in [5.41, 5.74) is 1.03. The molecule has 0 atom stereocenters. The molecule has 5 nitrogen and oxygen atoms in total. The number of aromatic nitrogens is 1. The minimum Gasteiger partial charge on any atom is -0.348 e. The van der Waals surface area contributed by atoms with Gasteiger partial charge in [0.25, 0.3) is 0 Å². The predicted molar refractivity (Wildman–Crippen MR) is 92.5 cm³/mol. The highest BCUT2D eigenvalue weighted by Crippen LogP contribution is 2.28. The summed E-state index contributed by atoms with van der Waals surface area (Å²) in [5, 5.41) is 4.04. The Morgan fingerprint density at radius 2 is 2.09 bits per heavy atom. The van der Waals surface area contributed by atoms with Crippen molar-refractivity contribution in [2.24, 2.45) is 0 Å². The normalized spacial score (nSPS) is 15.7. The number of carbonyl (C=O) groups is 1. The van der Waals surface area contributed by atoms with Crippen LogP contribution in [0.1, 0.15) is 29.8 Å². The number of carbonyl (C=O) groups excluding carboxylic acids is 1. The van der Waals surface area contributed by atoms with Crippen LogP contribution in [0.5, 0.6) is 0 Å². The molecule has 1 N–H and O–H groups in total. The van der Waals surface area contributed by atoms with Crippen LogP contribution in [0.4, 0.5) is 5.13 Å². The molecule has 0 aromatic carbocycles. The van der Waals surface area contributed by atoms with E-state index in [1.165, 1.54) is 19.3 Å². The number of likely N-dealkylation sites (N-methyl/N-ethyl adjacent to an activating group) is 1. The van der Waals surface area contributed by atoms with Gasteiger partial charge in [0.15, 0.2) is 5.13 Å². The van der Waals surface area contributed by atoms with Crippen LogP contribution in [0.15, 0.2) is 12.2 Å². The molecule has 22 heavy (non-hydrogen) atoms. The third-order valence-electron chi connectivity index (χ3n) is 3.67. The Morgan fingerprint density at radius 1 is 1.36 bits per heavy atom. The van der Waals surface area contributed by atoms with E-state index in [0.717, 1.165) is 35.3 Å². The number of hydrogen-bond acceptors (Lipinski definition) is 5. The Morgan fingerprint density at radius 3 is 2.77 bits per heavy atom. The van der Waals surface area contributed by atoms with Crippen LogP contribution < -0.4 is 10.2 Å². The zero-order valence-electron chi connectivity index (χ0n) is 13.8. The molecule has 1 aromatic heterocycles. The van der Waals surface area contributed by atoms with Crippen molar-refractivity contribution in [1.29, 1.82) is 0 Å². The number of amides is 1. The van der Waals surface area contributed by atoms with Crippen molar-refractivity contribution < 1.29 is 4.79 Å². The van der Waals surface area contributed by atoms with Crippen molar-refractivity contribution in [1.82, 2.24) is 15.2 Å². The Labute approximate surface area is 137 Å². The van der Waals surface area contributed by atoms with E-state index in [1.807, 2.05) is 32.0 Å². The molecule has 1 aliphatic heterocycles. The fraction of sp³-hybridized carbons (Fsp3) is 0.625. The van der Waals surface area contributed by atoms with E-state index in [2.05, 4.69) is 15.2 Å². The summed E-state index contributed by atoms with van der Waals surface area (Å²) in [7, 11) is 3.95. The second-order valence-corrected chi connectivity index (χ2v) is 7.00. The minimum atomic E-state index is -0.0471. The summed E-state index contributed by atoms with van der Waals surface area (Å²) in [6, 6.07) is 0. The zero-order valence-corrected chi connectivity index (χ0v) is 14.6. The maximum atomic E-state index is 11.8. The predicted octanol–water partition coefficient (Wildman–Crippen LogP) is 2.18. The number of anilines is 1. The van der Waals surface area contributed by atoms with Crippen LogP contribution in [0.25, 0.3) is 0 Å². The number of nitrogens with one attached hydrogen (secondary N) is 1. The molecule has 1 aromatic rings. The maximum Gasteiger partial charge on any atom is 0.243 e. The average molecular weight is 322 g/mol. The molecule has 0 bridgehead atoms. The first-order valence-corrected chi connectivity index (χ1v) is 8.68. The molecule has 0 spiro atoms. The van der Waals surface area contributed by atoms with Crippen molar-refractivity contribution in [3.8, 4) is 0 Å². The lowest BCUT2D eigenvalue weighted by molar-refractivity contribution is -0.116. The summed E-state index contributed by atoms with van der Waals surface area (Å²) in [4.78, 5) is 22.0. The molecule has 1 aliphatic rings. The third kappa shape index (κ3) is 5.10. The number of piperidine rings is 1. The first-order chi connectivity index (χ1) is 10.6. The lowest BCUT2D eigenvalue weighted by Gasteiger charge is -2.25. The number of rotatable bonds is 6. The van der Waals surface area contributed by atoms with E-state index >= 15 is 0 Å². The molecule has 1 amide bonds. The molecule has 0 saturated carbocycles. The monoisotopic (exact) mass is 322 g/mol. The van der Waals surface area contributed by atoms with E-state index in [-0.39, 0.29) is 5.91 Å². The topological polar surface area (TPSA) is 48.5 Å². The van der Waals surface area contributed by atoms with Gasteiger partial charge in [0.05, 0.1) is 12.2 Å². The van der Waals surface area contributed by atoms with Gasteiger partial charge in [-0.25, -0.2) is 4.98 Å². The Balaban J connectivity index is 1.86. The average Bonchev–Trinajstić information content (AvgIpc) is 2.87. The number of hydrogen-bond donors (Lipinski definition) is 1. The fourth-order valence-corrected chi connectivity index (χ4v) is 3.45. The SMILES string of the molecule is Cc1nc(N2CCCCC2)sc1CNC(=O)/C=C/CN(C)C. The minimum absolute atomic E-state index is 0.0471. The van der Waals surface area contributed by atoms with Gasteiger partial charge in [-0.15, -0.1) is 0 Å². The van der Waals surface area contributed by atoms with Gasteiger partial charge in [-0.2, -0.15) is 0 Å². The van der Waals surface area contributed by atoms with Gasteiger partial charge in [-0.1, -0.05) is 17.4 Å². The molecule has 0 radical (unpaired) electrons. The van der Waals surface area contributed by atoms with Crippen molar-refractivity contribution in [3.63, 3.8) is 0 Å². The second-order valence-electron chi connectivity index (χ2n) is 5.94. The molecule has 6 heteroatoms. The summed E-state index contributed by atoms with van der Waals surface area (Å²) < 4.78 is 0. The summed E-state index contributed by atoms with van der Waals surface area (Å²) in [6.07, 6.45) is 7.29. The second kappa shape index (κ2) is 8.29. The van der Waals surface area contributed by atoms with Crippen molar-refractivity contribution in [2.45, 2.75) is 32.7 Å². The number of aryl methyl sites for hydroxylation is 1. The first kappa shape index (κ1) is 17.0. The molecule has 1 saturated heterocycles. The fourth-order valence-electron chi connectivity index (χ4n) is 2.39. The third-order valence-corrected chi connectivity index (χ3v) is 4.89. The maximum absolute atomic E-state index is 11.8. The van der Waals surface area contributed by atoms with Crippen molar-refractivity contribution in [2.75, 3.05) is 38.6 Å². The molecule has 0 unspecified atom stereocenters. The molecule has 122 valence electrons. The number of thiazole rings is 1. The number of nitrogens with zero attached hydrogens (tertiary/aromatic N) is 3. The van der Waals surface area contributed by atoms with Gasteiger partial charge in [-0.3, -0.25) is 4.79 Å². The van der Waals surface area contributed by atoms with Gasteiger partial charge >= 0.3 is 0 Å². The molecular weight excluding hydrogens is 296 g/mol. The van der Waals surface area contributed by atoms with Gasteiger partial charge in [-0.05, 0) is 40.3 Å². The smallest absolute Gasteiger partial charge is 0.243 e. The summed E-state index contributed by atoms with van der Waals surface area (Å²) in [6.45, 7) is 5.56. The highest BCUT2D eigenvalue weighted by atomic mass is 32.1. The molecular formula is C16H26N4OS. The van der Waals surface area contributed by atoms with E-state index in [4.69, 9.17) is 0 Å². The van der Waals surface area contributed by atoms with Gasteiger partial charge in [0.2, 0.25) is 5.91 Å². The van der Waals surface area contributed by atoms with Gasteiger partial charge < -0.3 is 15.1 Å². The lowest BCUT2D eigenvalue weighted by Crippen LogP contribution is -2.29. The van der Waals surface area contributed by atoms with Crippen LogP contribution in [0.3, 0.4) is 0 Å². The highest BCUT2D eigenvalue weighted by molar-refractivity contribution is 7.15. The van der Waals surface area contributed by atoms with E-state index in [0.29, 0.717) is 6.54 Å². The molecule has 0 aliphatic carbocycles. The van der Waals surface area contributed by atoms with Crippen LogP contribution in [-0.4, -0.2) is 49.5 Å². The molecule has 2 rings (SSSR count). The standard InChI is InChI=1S/C16H26N4OS/c1-13-14(12-17-15(21)8-7-9-19(2)3)22-16(18-13)20-10-5-4-6-11-20/h7-8H,4-6,9-12H2,1-3H3,(H,17,21)/b8-7+. The highest BCUT2D eigenvalue weighted by Gasteiger charge is 2.16. The largest absolute Gasteiger partial charge is 0.348 e. The Bertz CT molecular complexity index is 518. The van der Waals surface area contributed by atoms with Crippen molar-refractivity contribution in [3.05, 3.63) is 22.7 Å². The molecule has 1 fully saturated rings. The lowest BCUT2D eigenvalue weighted by atomic mass is 10.1.